The van der Waals surface area contributed by atoms with Gasteiger partial charge in [-0.2, -0.15) is 0 Å². The summed E-state index contributed by atoms with van der Waals surface area (Å²) in [4.78, 5) is 65.8. The molecule has 2 aliphatic heterocycles. The molecule has 37 heavy (non-hydrogen) atoms. The number of carbonyl (C=O) groups is 5. The summed E-state index contributed by atoms with van der Waals surface area (Å²) in [6.07, 6.45) is 0.0524. The minimum absolute atomic E-state index is 0.0400. The van der Waals surface area contributed by atoms with E-state index in [4.69, 9.17) is 9.47 Å². The van der Waals surface area contributed by atoms with Crippen molar-refractivity contribution in [1.29, 1.82) is 0 Å². The average molecular weight is 519 g/mol. The zero-order chi connectivity index (χ0) is 27.9. The molecule has 1 N–H and O–H groups in total. The van der Waals surface area contributed by atoms with Gasteiger partial charge in [-0.15, -0.1) is 0 Å². The molecule has 3 rings (SSSR count). The maximum atomic E-state index is 13.4. The maximum Gasteiger partial charge on any atom is 0.410 e. The molecule has 0 bridgehead atoms. The van der Waals surface area contributed by atoms with Crippen LogP contribution in [0.25, 0.3) is 0 Å². The highest BCUT2D eigenvalue weighted by Gasteiger charge is 2.36. The largest absolute Gasteiger partial charge is 0.496 e. The van der Waals surface area contributed by atoms with Crippen LogP contribution in [0, 0.1) is 6.92 Å². The van der Waals surface area contributed by atoms with Gasteiger partial charge in [-0.05, 0) is 40.2 Å². The molecule has 0 aromatic heterocycles. The standard InChI is InChI=1S/C24H32N4O7.C2H6/c1-15-17(22(32)28(14-29)18-6-7-20(30)25-21(18)31)12-16(13-19(15)34-5)26-8-10-27(11-9-26)23(33)35-24(2,3)4;1-2/h12-14,18H,6-11H2,1-5H3,(H,25,30,31);1-2H3. The van der Waals surface area contributed by atoms with Gasteiger partial charge in [0.25, 0.3) is 5.91 Å². The highest BCUT2D eigenvalue weighted by Crippen LogP contribution is 2.31. The molecule has 11 heteroatoms. The fourth-order valence-electron chi connectivity index (χ4n) is 4.11. The molecule has 11 nitrogen and oxygen atoms in total. The van der Waals surface area contributed by atoms with Crippen molar-refractivity contribution in [2.75, 3.05) is 38.2 Å². The van der Waals surface area contributed by atoms with Crippen LogP contribution >= 0.6 is 0 Å². The van der Waals surface area contributed by atoms with Crippen LogP contribution in [-0.2, 0) is 19.1 Å². The number of nitrogens with zero attached hydrogens (tertiary/aromatic N) is 3. The van der Waals surface area contributed by atoms with E-state index in [-0.39, 0.29) is 24.5 Å². The van der Waals surface area contributed by atoms with Crippen molar-refractivity contribution in [3.05, 3.63) is 23.3 Å². The number of carbonyl (C=O) groups excluding carboxylic acids is 5. The first-order valence-electron chi connectivity index (χ1n) is 12.5. The first kappa shape index (κ1) is 29.6. The van der Waals surface area contributed by atoms with Crippen molar-refractivity contribution in [2.45, 2.75) is 66.0 Å². The Hall–Kier alpha value is -3.63. The molecule has 2 saturated heterocycles. The van der Waals surface area contributed by atoms with Gasteiger partial charge >= 0.3 is 6.09 Å². The van der Waals surface area contributed by atoms with Crippen LogP contribution in [0.1, 0.15) is 63.4 Å². The molecule has 1 aromatic carbocycles. The van der Waals surface area contributed by atoms with Gasteiger partial charge in [-0.1, -0.05) is 13.8 Å². The van der Waals surface area contributed by atoms with E-state index in [2.05, 4.69) is 5.32 Å². The number of amides is 5. The second-order valence-electron chi connectivity index (χ2n) is 9.56. The van der Waals surface area contributed by atoms with Gasteiger partial charge in [-0.3, -0.25) is 29.4 Å². The Labute approximate surface area is 218 Å². The predicted molar refractivity (Wildman–Crippen MR) is 138 cm³/mol. The van der Waals surface area contributed by atoms with Crippen molar-refractivity contribution in [2.24, 2.45) is 0 Å². The van der Waals surface area contributed by atoms with Crippen LogP contribution < -0.4 is 15.0 Å². The molecule has 0 spiro atoms. The number of rotatable bonds is 5. The Kier molecular flexibility index (Phi) is 10.0. The lowest BCUT2D eigenvalue weighted by atomic mass is 10.0. The van der Waals surface area contributed by atoms with Crippen LogP contribution in [0.15, 0.2) is 12.1 Å². The molecule has 5 amide bonds. The van der Waals surface area contributed by atoms with E-state index in [1.165, 1.54) is 7.11 Å². The first-order valence-corrected chi connectivity index (χ1v) is 12.5. The van der Waals surface area contributed by atoms with Crippen LogP contribution in [0.2, 0.25) is 0 Å². The molecule has 0 saturated carbocycles. The van der Waals surface area contributed by atoms with Gasteiger partial charge in [0.2, 0.25) is 18.2 Å². The Morgan fingerprint density at radius 1 is 1.11 bits per heavy atom. The predicted octanol–water partition coefficient (Wildman–Crippen LogP) is 2.49. The SMILES string of the molecule is CC.COc1cc(N2CCN(C(=O)OC(C)(C)C)CC2)cc(C(=O)N(C=O)C2CCC(=O)NC2=O)c1C. The molecular formula is C26H38N4O7. The highest BCUT2D eigenvalue weighted by atomic mass is 16.6. The van der Waals surface area contributed by atoms with Gasteiger partial charge in [0.1, 0.15) is 17.4 Å². The number of ether oxygens (including phenoxy) is 2. The number of piperidine rings is 1. The maximum absolute atomic E-state index is 13.4. The van der Waals surface area contributed by atoms with Crippen LogP contribution in [-0.4, -0.2) is 85.0 Å². The Bertz CT molecular complexity index is 1030. The summed E-state index contributed by atoms with van der Waals surface area (Å²) in [6.45, 7) is 13.0. The Morgan fingerprint density at radius 2 is 1.73 bits per heavy atom. The molecule has 2 aliphatic rings. The van der Waals surface area contributed by atoms with Gasteiger partial charge in [0.15, 0.2) is 0 Å². The van der Waals surface area contributed by atoms with E-state index >= 15 is 0 Å². The third kappa shape index (κ3) is 7.21. The normalized spacial score (nSPS) is 17.8. The van der Waals surface area contributed by atoms with E-state index in [0.717, 1.165) is 4.90 Å². The molecule has 1 atom stereocenters. The number of nitrogens with one attached hydrogen (secondary N) is 1. The lowest BCUT2D eigenvalue weighted by Crippen LogP contribution is -2.54. The quantitative estimate of drug-likeness (QED) is 0.466. The lowest BCUT2D eigenvalue weighted by Gasteiger charge is -2.37. The zero-order valence-corrected chi connectivity index (χ0v) is 22.8. The second kappa shape index (κ2) is 12.6. The average Bonchev–Trinajstić information content (AvgIpc) is 2.86. The van der Waals surface area contributed by atoms with Gasteiger partial charge in [0, 0.05) is 55.5 Å². The van der Waals surface area contributed by atoms with Crippen LogP contribution in [0.4, 0.5) is 10.5 Å². The number of benzene rings is 1. The van der Waals surface area contributed by atoms with Crippen molar-refractivity contribution < 1.29 is 33.4 Å². The summed E-state index contributed by atoms with van der Waals surface area (Å²) in [5.74, 6) is -1.32. The summed E-state index contributed by atoms with van der Waals surface area (Å²) >= 11 is 0. The van der Waals surface area contributed by atoms with Crippen molar-refractivity contribution >= 4 is 35.9 Å². The minimum atomic E-state index is -1.07. The number of imide groups is 2. The lowest BCUT2D eigenvalue weighted by molar-refractivity contribution is -0.139. The van der Waals surface area contributed by atoms with Crippen molar-refractivity contribution in [3.63, 3.8) is 0 Å². The number of anilines is 1. The summed E-state index contributed by atoms with van der Waals surface area (Å²) in [5.41, 5.74) is 0.841. The van der Waals surface area contributed by atoms with Crippen LogP contribution in [0.3, 0.4) is 0 Å². The van der Waals surface area contributed by atoms with Gasteiger partial charge < -0.3 is 19.3 Å². The number of hydrogen-bond donors (Lipinski definition) is 1. The molecular weight excluding hydrogens is 480 g/mol. The zero-order valence-electron chi connectivity index (χ0n) is 22.8. The Balaban J connectivity index is 0.00000235. The summed E-state index contributed by atoms with van der Waals surface area (Å²) < 4.78 is 10.9. The topological polar surface area (TPSA) is 126 Å². The van der Waals surface area contributed by atoms with E-state index in [0.29, 0.717) is 49.6 Å². The highest BCUT2D eigenvalue weighted by molar-refractivity contribution is 6.08. The molecule has 1 unspecified atom stereocenters. The van der Waals surface area contributed by atoms with Gasteiger partial charge in [-0.25, -0.2) is 4.79 Å². The number of piperazine rings is 1. The van der Waals surface area contributed by atoms with Crippen LogP contribution in [0.5, 0.6) is 5.75 Å². The van der Waals surface area contributed by atoms with E-state index in [9.17, 15) is 24.0 Å². The number of methoxy groups -OCH3 is 1. The molecule has 204 valence electrons. The Morgan fingerprint density at radius 3 is 2.24 bits per heavy atom. The molecule has 2 fully saturated rings. The van der Waals surface area contributed by atoms with Crippen molar-refractivity contribution in [1.82, 2.24) is 15.1 Å². The smallest absolute Gasteiger partial charge is 0.410 e. The second-order valence-corrected chi connectivity index (χ2v) is 9.56. The monoisotopic (exact) mass is 518 g/mol. The molecule has 0 radical (unpaired) electrons. The van der Waals surface area contributed by atoms with E-state index in [1.54, 1.807) is 24.0 Å². The third-order valence-electron chi connectivity index (χ3n) is 5.99. The third-order valence-corrected chi connectivity index (χ3v) is 5.99. The van der Waals surface area contributed by atoms with E-state index < -0.39 is 29.4 Å². The molecule has 0 aliphatic carbocycles. The summed E-state index contributed by atoms with van der Waals surface area (Å²) in [5, 5.41) is 2.17. The number of hydrogen-bond acceptors (Lipinski definition) is 8. The van der Waals surface area contributed by atoms with Gasteiger partial charge in [0.05, 0.1) is 7.11 Å². The summed E-state index contributed by atoms with van der Waals surface area (Å²) in [7, 11) is 1.48. The fraction of sp³-hybridized carbons (Fsp3) is 0.577. The first-order chi connectivity index (χ1) is 17.4. The van der Waals surface area contributed by atoms with E-state index in [1.807, 2.05) is 39.5 Å². The molecule has 1 aromatic rings. The molecule has 2 heterocycles. The fourth-order valence-corrected chi connectivity index (χ4v) is 4.11. The summed E-state index contributed by atoms with van der Waals surface area (Å²) in [6, 6.07) is 2.39. The van der Waals surface area contributed by atoms with Crippen molar-refractivity contribution in [3.8, 4) is 5.75 Å². The minimum Gasteiger partial charge on any atom is -0.496 e.